The molecule has 2 saturated heterocycles. The topological polar surface area (TPSA) is 102 Å². The molecule has 0 spiro atoms. The third-order valence-electron chi connectivity index (χ3n) is 12.3. The van der Waals surface area contributed by atoms with Crippen molar-refractivity contribution in [2.45, 2.75) is 131 Å². The lowest BCUT2D eigenvalue weighted by atomic mass is 9.37. The molecule has 0 aromatic heterocycles. The molecule has 7 nitrogen and oxygen atoms in total. The van der Waals surface area contributed by atoms with E-state index in [0.717, 1.165) is 25.7 Å². The van der Waals surface area contributed by atoms with Crippen LogP contribution >= 0.6 is 0 Å². The van der Waals surface area contributed by atoms with E-state index in [4.69, 9.17) is 14.2 Å². The van der Waals surface area contributed by atoms with Crippen LogP contribution in [0.25, 0.3) is 0 Å². The number of aliphatic carboxylic acids is 1. The summed E-state index contributed by atoms with van der Waals surface area (Å²) in [6, 6.07) is 0. The average Bonchev–Trinajstić information content (AvgIpc) is 3.28. The summed E-state index contributed by atoms with van der Waals surface area (Å²) in [5, 5.41) is 10.2. The van der Waals surface area contributed by atoms with Gasteiger partial charge in [0.2, 0.25) is 0 Å². The number of carbonyl (C=O) groups excluding carboxylic acids is 2. The molecule has 7 heteroatoms. The fourth-order valence-electron chi connectivity index (χ4n) is 10.2. The number of rotatable bonds is 7. The monoisotopic (exact) mass is 544 g/mol. The number of carboxylic acid groups (broad SMARTS) is 1. The van der Waals surface area contributed by atoms with Crippen molar-refractivity contribution >= 4 is 17.9 Å². The standard InChI is InChI=1S/C32H48O7/c1-17(14-22(37-18(2)33)26-29(5,6)39-26)19-10-12-31(8)20(19)15-21-25-30(7,16-24(34)38-21)23(11-13-32(25,31)9)28(3,4)27(35)36/h17,21-23,25-26H,10-16H2,1-9H3,(H,35,36)/t17-,21?,22+,23?,25?,26-,30+,31+,32+/m1/s1. The SMILES string of the molecule is CC(=O)O[C@@H](C[C@@H](C)C1=C2CC3OC(=O)C[C@@]4(C)C(C(C)(C)C(=O)O)CC[C@@](C)(C34)[C@@]2(C)CC1)[C@H]1OC1(C)C. The predicted octanol–water partition coefficient (Wildman–Crippen LogP) is 6.09. The largest absolute Gasteiger partial charge is 0.481 e. The first-order valence-electron chi connectivity index (χ1n) is 14.9. The molecule has 5 aliphatic rings. The molecule has 3 unspecified atom stereocenters. The van der Waals surface area contributed by atoms with Gasteiger partial charge in [0.15, 0.2) is 0 Å². The maximum atomic E-state index is 13.1. The van der Waals surface area contributed by atoms with Crippen molar-refractivity contribution in [1.82, 2.24) is 0 Å². The van der Waals surface area contributed by atoms with E-state index in [1.807, 2.05) is 27.7 Å². The van der Waals surface area contributed by atoms with E-state index >= 15 is 0 Å². The summed E-state index contributed by atoms with van der Waals surface area (Å²) < 4.78 is 17.8. The van der Waals surface area contributed by atoms with Gasteiger partial charge < -0.3 is 19.3 Å². The van der Waals surface area contributed by atoms with Gasteiger partial charge >= 0.3 is 17.9 Å². The van der Waals surface area contributed by atoms with Crippen LogP contribution < -0.4 is 0 Å². The Labute approximate surface area is 233 Å². The van der Waals surface area contributed by atoms with Gasteiger partial charge in [0.1, 0.15) is 18.3 Å². The van der Waals surface area contributed by atoms with E-state index in [1.165, 1.54) is 18.1 Å². The fraction of sp³-hybridized carbons (Fsp3) is 0.844. The van der Waals surface area contributed by atoms with Gasteiger partial charge in [-0.2, -0.15) is 0 Å². The lowest BCUT2D eigenvalue weighted by Gasteiger charge is -2.68. The molecular formula is C32H48O7. The summed E-state index contributed by atoms with van der Waals surface area (Å²) in [7, 11) is 0. The summed E-state index contributed by atoms with van der Waals surface area (Å²) in [5.41, 5.74) is 1.05. The summed E-state index contributed by atoms with van der Waals surface area (Å²) in [5.74, 6) is -1.06. The molecule has 4 fully saturated rings. The Balaban J connectivity index is 1.51. The molecule has 0 amide bonds. The molecule has 2 aliphatic heterocycles. The van der Waals surface area contributed by atoms with Gasteiger partial charge in [0.25, 0.3) is 0 Å². The third-order valence-corrected chi connectivity index (χ3v) is 12.3. The Kier molecular flexibility index (Phi) is 6.46. The molecule has 9 atom stereocenters. The molecule has 39 heavy (non-hydrogen) atoms. The Bertz CT molecular complexity index is 1120. The number of hydrogen-bond acceptors (Lipinski definition) is 6. The second kappa shape index (κ2) is 8.80. The second-order valence-corrected chi connectivity index (χ2v) is 15.2. The highest BCUT2D eigenvalue weighted by Gasteiger charge is 2.71. The minimum Gasteiger partial charge on any atom is -0.481 e. The summed E-state index contributed by atoms with van der Waals surface area (Å²) in [6.45, 7) is 18.4. The first kappa shape index (κ1) is 28.6. The summed E-state index contributed by atoms with van der Waals surface area (Å²) >= 11 is 0. The van der Waals surface area contributed by atoms with Gasteiger partial charge in [-0.1, -0.05) is 38.8 Å². The quantitative estimate of drug-likeness (QED) is 0.235. The van der Waals surface area contributed by atoms with Crippen LogP contribution in [0.5, 0.6) is 0 Å². The molecule has 1 N–H and O–H groups in total. The Morgan fingerprint density at radius 1 is 1.15 bits per heavy atom. The smallest absolute Gasteiger partial charge is 0.309 e. The fourth-order valence-corrected chi connectivity index (χ4v) is 10.2. The predicted molar refractivity (Wildman–Crippen MR) is 146 cm³/mol. The van der Waals surface area contributed by atoms with Crippen LogP contribution in [0, 0.1) is 39.4 Å². The number of esters is 2. The number of carbonyl (C=O) groups is 3. The highest BCUT2D eigenvalue weighted by atomic mass is 16.6. The van der Waals surface area contributed by atoms with Gasteiger partial charge in [-0.25, -0.2) is 0 Å². The van der Waals surface area contributed by atoms with Gasteiger partial charge in [-0.05, 0) is 87.9 Å². The zero-order valence-electron chi connectivity index (χ0n) is 25.3. The van der Waals surface area contributed by atoms with Crippen molar-refractivity contribution in [3.63, 3.8) is 0 Å². The third kappa shape index (κ3) is 4.11. The Morgan fingerprint density at radius 2 is 1.79 bits per heavy atom. The zero-order valence-corrected chi connectivity index (χ0v) is 25.3. The minimum atomic E-state index is -0.922. The number of allylic oxidation sites excluding steroid dienone is 1. The van der Waals surface area contributed by atoms with Crippen LogP contribution in [0.1, 0.15) is 107 Å². The van der Waals surface area contributed by atoms with Crippen molar-refractivity contribution in [2.75, 3.05) is 0 Å². The summed E-state index contributed by atoms with van der Waals surface area (Å²) in [6.07, 6.45) is 4.82. The average molecular weight is 545 g/mol. The van der Waals surface area contributed by atoms with Crippen molar-refractivity contribution < 1.29 is 33.7 Å². The van der Waals surface area contributed by atoms with E-state index in [2.05, 4.69) is 27.7 Å². The maximum Gasteiger partial charge on any atom is 0.309 e. The molecule has 0 radical (unpaired) electrons. The molecule has 2 saturated carbocycles. The normalized spacial score (nSPS) is 42.1. The lowest BCUT2D eigenvalue weighted by molar-refractivity contribution is -0.237. The van der Waals surface area contributed by atoms with Crippen LogP contribution in [0.3, 0.4) is 0 Å². The highest BCUT2D eigenvalue weighted by Crippen LogP contribution is 2.74. The van der Waals surface area contributed by atoms with Gasteiger partial charge in [-0.15, -0.1) is 0 Å². The molecular weight excluding hydrogens is 496 g/mol. The van der Waals surface area contributed by atoms with E-state index in [0.29, 0.717) is 12.8 Å². The van der Waals surface area contributed by atoms with Gasteiger partial charge in [0.05, 0.1) is 17.4 Å². The maximum absolute atomic E-state index is 13.1. The Hall–Kier alpha value is -1.89. The number of epoxide rings is 1. The molecule has 0 bridgehead atoms. The van der Waals surface area contributed by atoms with Crippen molar-refractivity contribution in [3.05, 3.63) is 11.1 Å². The minimum absolute atomic E-state index is 0.0482. The number of hydrogen-bond donors (Lipinski definition) is 1. The van der Waals surface area contributed by atoms with E-state index in [9.17, 15) is 19.5 Å². The number of carboxylic acids is 1. The van der Waals surface area contributed by atoms with Crippen molar-refractivity contribution in [3.8, 4) is 0 Å². The zero-order chi connectivity index (χ0) is 28.9. The molecule has 5 rings (SSSR count). The van der Waals surface area contributed by atoms with Gasteiger partial charge in [0, 0.05) is 19.3 Å². The highest BCUT2D eigenvalue weighted by molar-refractivity contribution is 5.76. The molecule has 3 aliphatic carbocycles. The first-order chi connectivity index (χ1) is 17.9. The van der Waals surface area contributed by atoms with Crippen LogP contribution in [0.4, 0.5) is 0 Å². The van der Waals surface area contributed by atoms with E-state index in [-0.39, 0.29) is 70.9 Å². The van der Waals surface area contributed by atoms with Crippen LogP contribution in [0.2, 0.25) is 0 Å². The number of fused-ring (bicyclic) bond motifs is 2. The van der Waals surface area contributed by atoms with E-state index < -0.39 is 16.8 Å². The summed E-state index contributed by atoms with van der Waals surface area (Å²) in [4.78, 5) is 37.4. The molecule has 218 valence electrons. The second-order valence-electron chi connectivity index (χ2n) is 15.2. The lowest BCUT2D eigenvalue weighted by Crippen LogP contribution is -2.67. The van der Waals surface area contributed by atoms with Crippen molar-refractivity contribution in [2.24, 2.45) is 39.4 Å². The van der Waals surface area contributed by atoms with Crippen molar-refractivity contribution in [1.29, 1.82) is 0 Å². The first-order valence-corrected chi connectivity index (χ1v) is 14.9. The van der Waals surface area contributed by atoms with Gasteiger partial charge in [-0.3, -0.25) is 14.4 Å². The number of ether oxygens (including phenoxy) is 3. The van der Waals surface area contributed by atoms with E-state index in [1.54, 1.807) is 0 Å². The van der Waals surface area contributed by atoms with Crippen LogP contribution in [0.15, 0.2) is 11.1 Å². The molecule has 0 aromatic rings. The Morgan fingerprint density at radius 3 is 2.36 bits per heavy atom. The molecule has 0 aromatic carbocycles. The van der Waals surface area contributed by atoms with Crippen LogP contribution in [-0.2, 0) is 28.6 Å². The van der Waals surface area contributed by atoms with Crippen LogP contribution in [-0.4, -0.2) is 46.9 Å². The molecule has 2 heterocycles.